The van der Waals surface area contributed by atoms with Crippen LogP contribution in [0, 0.1) is 10.1 Å². The van der Waals surface area contributed by atoms with Crippen molar-refractivity contribution >= 4 is 52.1 Å². The maximum Gasteiger partial charge on any atom is 0.270 e. The second-order valence-electron chi connectivity index (χ2n) is 3.89. The molecular formula is C10H14BrCl2N3O2. The highest BCUT2D eigenvalue weighted by molar-refractivity contribution is 9.10. The van der Waals surface area contributed by atoms with Crippen LogP contribution in [-0.4, -0.2) is 24.1 Å². The second-order valence-corrected chi connectivity index (χ2v) is 4.74. The number of benzene rings is 1. The van der Waals surface area contributed by atoms with E-state index in [0.717, 1.165) is 29.7 Å². The number of nitro groups is 1. The molecule has 5 nitrogen and oxygen atoms in total. The topological polar surface area (TPSA) is 72.4 Å². The van der Waals surface area contributed by atoms with E-state index in [4.69, 9.17) is 5.73 Å². The molecule has 1 heterocycles. The average molecular weight is 359 g/mol. The number of hydrogen-bond donors (Lipinski definition) is 1. The molecule has 0 spiro atoms. The van der Waals surface area contributed by atoms with Gasteiger partial charge in [0.1, 0.15) is 0 Å². The molecule has 1 aromatic carbocycles. The van der Waals surface area contributed by atoms with Crippen LogP contribution in [0.25, 0.3) is 0 Å². The predicted octanol–water partition coefficient (Wildman–Crippen LogP) is 2.74. The summed E-state index contributed by atoms with van der Waals surface area (Å²) in [6.45, 7) is 1.70. The zero-order valence-corrected chi connectivity index (χ0v) is 12.6. The SMILES string of the molecule is Cl.Cl.NC1CCN(c2ccc([N+](=O)[O-])cc2Br)C1. The fraction of sp³-hybridized carbons (Fsp3) is 0.400. The first-order valence-corrected chi connectivity index (χ1v) is 5.81. The van der Waals surface area contributed by atoms with Crippen LogP contribution in [0.4, 0.5) is 11.4 Å². The highest BCUT2D eigenvalue weighted by Crippen LogP contribution is 2.31. The van der Waals surface area contributed by atoms with Crippen LogP contribution >= 0.6 is 40.7 Å². The van der Waals surface area contributed by atoms with Crippen molar-refractivity contribution in [2.75, 3.05) is 18.0 Å². The summed E-state index contributed by atoms with van der Waals surface area (Å²) in [4.78, 5) is 12.3. The average Bonchev–Trinajstić information content (AvgIpc) is 2.64. The van der Waals surface area contributed by atoms with Gasteiger partial charge in [0.15, 0.2) is 0 Å². The Hall–Kier alpha value is -0.560. The van der Waals surface area contributed by atoms with Crippen molar-refractivity contribution in [3.8, 4) is 0 Å². The van der Waals surface area contributed by atoms with Crippen molar-refractivity contribution in [3.05, 3.63) is 32.8 Å². The molecule has 1 aromatic rings. The molecule has 102 valence electrons. The van der Waals surface area contributed by atoms with Crippen molar-refractivity contribution in [2.24, 2.45) is 5.73 Å². The van der Waals surface area contributed by atoms with Gasteiger partial charge in [-0.25, -0.2) is 0 Å². The third-order valence-electron chi connectivity index (χ3n) is 2.71. The minimum atomic E-state index is -0.399. The first kappa shape index (κ1) is 17.4. The van der Waals surface area contributed by atoms with Crippen molar-refractivity contribution < 1.29 is 4.92 Å². The van der Waals surface area contributed by atoms with Crippen LogP contribution in [-0.2, 0) is 0 Å². The third kappa shape index (κ3) is 3.71. The number of non-ortho nitro benzene ring substituents is 1. The van der Waals surface area contributed by atoms with Crippen LogP contribution in [0.5, 0.6) is 0 Å². The number of nitrogens with zero attached hydrogens (tertiary/aromatic N) is 2. The highest BCUT2D eigenvalue weighted by atomic mass is 79.9. The summed E-state index contributed by atoms with van der Waals surface area (Å²) >= 11 is 3.36. The normalized spacial score (nSPS) is 17.9. The minimum Gasteiger partial charge on any atom is -0.369 e. The molecule has 1 atom stereocenters. The van der Waals surface area contributed by atoms with E-state index in [1.807, 2.05) is 0 Å². The van der Waals surface area contributed by atoms with Gasteiger partial charge in [-0.15, -0.1) is 24.8 Å². The molecular weight excluding hydrogens is 345 g/mol. The van der Waals surface area contributed by atoms with Crippen molar-refractivity contribution in [2.45, 2.75) is 12.5 Å². The second kappa shape index (κ2) is 7.13. The molecule has 0 aliphatic carbocycles. The molecule has 0 bridgehead atoms. The summed E-state index contributed by atoms with van der Waals surface area (Å²) in [5.74, 6) is 0. The van der Waals surface area contributed by atoms with Crippen molar-refractivity contribution in [3.63, 3.8) is 0 Å². The van der Waals surface area contributed by atoms with Gasteiger partial charge in [-0.1, -0.05) is 0 Å². The summed E-state index contributed by atoms with van der Waals surface area (Å²) in [5.41, 5.74) is 6.89. The van der Waals surface area contributed by atoms with E-state index in [1.165, 1.54) is 12.1 Å². The Labute approximate surface area is 126 Å². The molecule has 0 saturated carbocycles. The van der Waals surface area contributed by atoms with Crippen LogP contribution in [0.2, 0.25) is 0 Å². The lowest BCUT2D eigenvalue weighted by molar-refractivity contribution is -0.384. The number of rotatable bonds is 2. The van der Waals surface area contributed by atoms with Gasteiger partial charge in [0, 0.05) is 35.7 Å². The first-order valence-electron chi connectivity index (χ1n) is 5.02. The van der Waals surface area contributed by atoms with Crippen LogP contribution in [0.1, 0.15) is 6.42 Å². The Balaban J connectivity index is 0.00000144. The first-order chi connectivity index (χ1) is 7.58. The largest absolute Gasteiger partial charge is 0.369 e. The minimum absolute atomic E-state index is 0. The molecule has 1 aliphatic heterocycles. The lowest BCUT2D eigenvalue weighted by Gasteiger charge is -2.19. The van der Waals surface area contributed by atoms with Crippen LogP contribution in [0.15, 0.2) is 22.7 Å². The zero-order valence-electron chi connectivity index (χ0n) is 9.41. The molecule has 2 N–H and O–H groups in total. The van der Waals surface area contributed by atoms with E-state index in [-0.39, 0.29) is 36.5 Å². The molecule has 1 aliphatic rings. The van der Waals surface area contributed by atoms with Gasteiger partial charge in [-0.2, -0.15) is 0 Å². The smallest absolute Gasteiger partial charge is 0.270 e. The molecule has 1 fully saturated rings. The maximum absolute atomic E-state index is 10.6. The number of anilines is 1. The Bertz CT molecular complexity index is 434. The van der Waals surface area contributed by atoms with E-state index in [2.05, 4.69) is 20.8 Å². The lowest BCUT2D eigenvalue weighted by atomic mass is 10.2. The molecule has 1 saturated heterocycles. The number of nitro benzene ring substituents is 1. The van der Waals surface area contributed by atoms with Crippen molar-refractivity contribution in [1.82, 2.24) is 0 Å². The molecule has 2 rings (SSSR count). The zero-order chi connectivity index (χ0) is 11.7. The molecule has 1 unspecified atom stereocenters. The predicted molar refractivity (Wildman–Crippen MR) is 80.1 cm³/mol. The summed E-state index contributed by atoms with van der Waals surface area (Å²) in [5, 5.41) is 10.6. The van der Waals surface area contributed by atoms with Crippen molar-refractivity contribution in [1.29, 1.82) is 0 Å². The number of halogens is 3. The van der Waals surface area contributed by atoms with E-state index in [0.29, 0.717) is 0 Å². The fourth-order valence-corrected chi connectivity index (χ4v) is 2.49. The molecule has 0 radical (unpaired) electrons. The van der Waals surface area contributed by atoms with Gasteiger partial charge in [0.2, 0.25) is 0 Å². The van der Waals surface area contributed by atoms with E-state index >= 15 is 0 Å². The fourth-order valence-electron chi connectivity index (χ4n) is 1.87. The highest BCUT2D eigenvalue weighted by Gasteiger charge is 2.21. The maximum atomic E-state index is 10.6. The quantitative estimate of drug-likeness (QED) is 0.651. The monoisotopic (exact) mass is 357 g/mol. The molecule has 18 heavy (non-hydrogen) atoms. The third-order valence-corrected chi connectivity index (χ3v) is 3.34. The summed E-state index contributed by atoms with van der Waals surface area (Å²) in [6.07, 6.45) is 0.962. The molecule has 0 aromatic heterocycles. The molecule has 0 amide bonds. The van der Waals surface area contributed by atoms with Gasteiger partial charge in [0.05, 0.1) is 10.6 Å². The van der Waals surface area contributed by atoms with Gasteiger partial charge in [0.25, 0.3) is 5.69 Å². The van der Waals surface area contributed by atoms with Gasteiger partial charge in [-0.3, -0.25) is 10.1 Å². The lowest BCUT2D eigenvalue weighted by Crippen LogP contribution is -2.26. The van der Waals surface area contributed by atoms with E-state index in [1.54, 1.807) is 6.07 Å². The van der Waals surface area contributed by atoms with Crippen LogP contribution in [0.3, 0.4) is 0 Å². The Morgan fingerprint density at radius 3 is 2.56 bits per heavy atom. The van der Waals surface area contributed by atoms with Crippen LogP contribution < -0.4 is 10.6 Å². The van der Waals surface area contributed by atoms with Gasteiger partial charge < -0.3 is 10.6 Å². The summed E-state index contributed by atoms with van der Waals surface area (Å²) in [7, 11) is 0. The summed E-state index contributed by atoms with van der Waals surface area (Å²) < 4.78 is 0.746. The van der Waals surface area contributed by atoms with Gasteiger partial charge >= 0.3 is 0 Å². The Morgan fingerprint density at radius 1 is 1.44 bits per heavy atom. The standard InChI is InChI=1S/C10H12BrN3O2.2ClH/c11-9-5-8(14(15)16)1-2-10(9)13-4-3-7(12)6-13;;/h1-2,5,7H,3-4,6,12H2;2*1H. The number of hydrogen-bond acceptors (Lipinski definition) is 4. The molecule has 8 heteroatoms. The number of nitrogens with two attached hydrogens (primary N) is 1. The van der Waals surface area contributed by atoms with E-state index < -0.39 is 4.92 Å². The Kier molecular flexibility index (Phi) is 6.91. The summed E-state index contributed by atoms with van der Waals surface area (Å²) in [6, 6.07) is 5.01. The van der Waals surface area contributed by atoms with Gasteiger partial charge in [-0.05, 0) is 28.4 Å². The Morgan fingerprint density at radius 2 is 2.11 bits per heavy atom. The van der Waals surface area contributed by atoms with E-state index in [9.17, 15) is 10.1 Å².